The summed E-state index contributed by atoms with van der Waals surface area (Å²) < 4.78 is 38.2. The number of benzene rings is 1. The van der Waals surface area contributed by atoms with Crippen LogP contribution in [0.5, 0.6) is 0 Å². The van der Waals surface area contributed by atoms with E-state index >= 15 is 0 Å². The van der Waals surface area contributed by atoms with Crippen molar-refractivity contribution in [2.45, 2.75) is 24.9 Å². The van der Waals surface area contributed by atoms with Gasteiger partial charge in [-0.05, 0) is 42.9 Å². The molecule has 0 radical (unpaired) electrons. The smallest absolute Gasteiger partial charge is 0.342 e. The predicted octanol–water partition coefficient (Wildman–Crippen LogP) is 2.62. The van der Waals surface area contributed by atoms with E-state index in [4.69, 9.17) is 5.73 Å². The first-order valence-electron chi connectivity index (χ1n) is 7.56. The van der Waals surface area contributed by atoms with Crippen molar-refractivity contribution in [3.05, 3.63) is 35.4 Å². The van der Waals surface area contributed by atoms with Gasteiger partial charge in [-0.2, -0.15) is 13.2 Å². The van der Waals surface area contributed by atoms with Crippen molar-refractivity contribution in [3.8, 4) is 0 Å². The highest BCUT2D eigenvalue weighted by atomic mass is 19.4. The van der Waals surface area contributed by atoms with Gasteiger partial charge in [-0.3, -0.25) is 4.79 Å². The zero-order valence-corrected chi connectivity index (χ0v) is 12.1. The average molecular weight is 312 g/mol. The second-order valence-electron chi connectivity index (χ2n) is 6.25. The first-order valence-corrected chi connectivity index (χ1v) is 7.56. The minimum Gasteiger partial charge on any atom is -0.342 e. The Morgan fingerprint density at radius 1 is 1.36 bits per heavy atom. The molecule has 0 aromatic heterocycles. The van der Waals surface area contributed by atoms with Gasteiger partial charge in [-0.1, -0.05) is 18.2 Å². The summed E-state index contributed by atoms with van der Waals surface area (Å²) in [6.45, 7) is 1.97. The quantitative estimate of drug-likeness (QED) is 0.932. The van der Waals surface area contributed by atoms with Crippen molar-refractivity contribution in [2.75, 3.05) is 19.6 Å². The van der Waals surface area contributed by atoms with Crippen molar-refractivity contribution in [1.82, 2.24) is 4.90 Å². The molecule has 3 nitrogen and oxygen atoms in total. The molecule has 1 aliphatic heterocycles. The summed E-state index contributed by atoms with van der Waals surface area (Å²) in [5.41, 5.74) is 5.59. The van der Waals surface area contributed by atoms with E-state index in [1.54, 1.807) is 6.07 Å². The fourth-order valence-corrected chi connectivity index (χ4v) is 3.24. The van der Waals surface area contributed by atoms with Crippen LogP contribution in [0.15, 0.2) is 24.3 Å². The molecular formula is C16H19F3N2O. The van der Waals surface area contributed by atoms with Gasteiger partial charge in [0.2, 0.25) is 5.91 Å². The molecule has 1 heterocycles. The van der Waals surface area contributed by atoms with E-state index in [2.05, 4.69) is 0 Å². The third-order valence-electron chi connectivity index (χ3n) is 4.68. The molecule has 1 saturated heterocycles. The van der Waals surface area contributed by atoms with E-state index in [1.165, 1.54) is 12.1 Å². The molecular weight excluding hydrogens is 293 g/mol. The van der Waals surface area contributed by atoms with Gasteiger partial charge in [0, 0.05) is 19.0 Å². The van der Waals surface area contributed by atoms with Gasteiger partial charge in [0.05, 0.1) is 5.56 Å². The molecule has 22 heavy (non-hydrogen) atoms. The van der Waals surface area contributed by atoms with Gasteiger partial charge in [0.25, 0.3) is 0 Å². The van der Waals surface area contributed by atoms with Gasteiger partial charge in [-0.25, -0.2) is 0 Å². The number of halogens is 3. The van der Waals surface area contributed by atoms with E-state index in [9.17, 15) is 18.0 Å². The third kappa shape index (κ3) is 2.97. The van der Waals surface area contributed by atoms with Crippen molar-refractivity contribution in [2.24, 2.45) is 17.6 Å². The monoisotopic (exact) mass is 312 g/mol. The van der Waals surface area contributed by atoms with E-state index in [0.29, 0.717) is 37.5 Å². The fourth-order valence-electron chi connectivity index (χ4n) is 3.24. The molecule has 2 aliphatic rings. The Labute approximate surface area is 127 Å². The number of carbonyl (C=O) groups is 1. The normalized spacial score (nSPS) is 28.0. The number of nitrogens with two attached hydrogens (primary N) is 1. The zero-order valence-electron chi connectivity index (χ0n) is 12.1. The number of hydrogen-bond acceptors (Lipinski definition) is 2. The topological polar surface area (TPSA) is 46.3 Å². The van der Waals surface area contributed by atoms with Gasteiger partial charge in [0.1, 0.15) is 0 Å². The minimum atomic E-state index is -4.34. The maximum absolute atomic E-state index is 12.7. The van der Waals surface area contributed by atoms with Crippen LogP contribution in [0.2, 0.25) is 0 Å². The van der Waals surface area contributed by atoms with Crippen LogP contribution < -0.4 is 5.73 Å². The number of likely N-dealkylation sites (tertiary alicyclic amines) is 1. The minimum absolute atomic E-state index is 0.0679. The lowest BCUT2D eigenvalue weighted by atomic mass is 10.1. The molecule has 1 amide bonds. The molecule has 6 heteroatoms. The summed E-state index contributed by atoms with van der Waals surface area (Å²) in [6.07, 6.45) is -2.78. The zero-order chi connectivity index (χ0) is 15.9. The van der Waals surface area contributed by atoms with Crippen LogP contribution in [0.1, 0.15) is 29.9 Å². The fraction of sp³-hybridized carbons (Fsp3) is 0.562. The van der Waals surface area contributed by atoms with Gasteiger partial charge in [-0.15, -0.1) is 0 Å². The van der Waals surface area contributed by atoms with E-state index in [0.717, 1.165) is 12.5 Å². The highest BCUT2D eigenvalue weighted by Crippen LogP contribution is 2.49. The summed E-state index contributed by atoms with van der Waals surface area (Å²) >= 11 is 0. The van der Waals surface area contributed by atoms with Gasteiger partial charge >= 0.3 is 6.18 Å². The lowest BCUT2D eigenvalue weighted by molar-refractivity contribution is -0.137. The number of hydrogen-bond donors (Lipinski definition) is 1. The molecule has 0 unspecified atom stereocenters. The molecule has 3 atom stereocenters. The van der Waals surface area contributed by atoms with E-state index in [-0.39, 0.29) is 17.7 Å². The molecule has 0 bridgehead atoms. The van der Waals surface area contributed by atoms with Crippen LogP contribution >= 0.6 is 0 Å². The van der Waals surface area contributed by atoms with E-state index in [1.807, 2.05) is 4.90 Å². The number of rotatable bonds is 3. The third-order valence-corrected chi connectivity index (χ3v) is 4.68. The Hall–Kier alpha value is -1.56. The first-order chi connectivity index (χ1) is 10.4. The van der Waals surface area contributed by atoms with Crippen LogP contribution in [0, 0.1) is 11.8 Å². The number of carbonyl (C=O) groups excluding carboxylic acids is 1. The maximum Gasteiger partial charge on any atom is 0.416 e. The Balaban J connectivity index is 1.66. The van der Waals surface area contributed by atoms with Crippen LogP contribution in [0.3, 0.4) is 0 Å². The lowest BCUT2D eigenvalue weighted by Crippen LogP contribution is -2.31. The predicted molar refractivity (Wildman–Crippen MR) is 76.0 cm³/mol. The SMILES string of the molecule is NC[C@@H]1CCN(C(=O)[C@@H]2C[C@H]2c2cccc(C(F)(F)F)c2)C1. The number of amides is 1. The van der Waals surface area contributed by atoms with Gasteiger partial charge < -0.3 is 10.6 Å². The standard InChI is InChI=1S/C16H19F3N2O/c17-16(18,19)12-3-1-2-11(6-12)13-7-14(13)15(22)21-5-4-10(8-20)9-21/h1-3,6,10,13-14H,4-5,7-9,20H2/t10-,13-,14+/m0/s1. The maximum atomic E-state index is 12.7. The van der Waals surface area contributed by atoms with Gasteiger partial charge in [0.15, 0.2) is 0 Å². The Bertz CT molecular complexity index is 573. The average Bonchev–Trinajstić information content (AvgIpc) is 3.15. The Morgan fingerprint density at radius 3 is 2.77 bits per heavy atom. The second-order valence-corrected chi connectivity index (χ2v) is 6.25. The van der Waals surface area contributed by atoms with Crippen LogP contribution in [-0.4, -0.2) is 30.4 Å². The van der Waals surface area contributed by atoms with E-state index < -0.39 is 11.7 Å². The largest absolute Gasteiger partial charge is 0.416 e. The molecule has 120 valence electrons. The van der Waals surface area contributed by atoms with Crippen LogP contribution in [0.25, 0.3) is 0 Å². The summed E-state index contributed by atoms with van der Waals surface area (Å²) in [5.74, 6) is 0.180. The Morgan fingerprint density at radius 2 is 2.14 bits per heavy atom. The van der Waals surface area contributed by atoms with Crippen molar-refractivity contribution in [3.63, 3.8) is 0 Å². The highest BCUT2D eigenvalue weighted by Gasteiger charge is 2.47. The van der Waals surface area contributed by atoms with Crippen LogP contribution in [-0.2, 0) is 11.0 Å². The highest BCUT2D eigenvalue weighted by molar-refractivity contribution is 5.83. The molecule has 2 N–H and O–H groups in total. The Kier molecular flexibility index (Phi) is 3.89. The summed E-state index contributed by atoms with van der Waals surface area (Å²) in [6, 6.07) is 5.33. The van der Waals surface area contributed by atoms with Crippen molar-refractivity contribution >= 4 is 5.91 Å². The molecule has 1 aromatic carbocycles. The molecule has 1 saturated carbocycles. The van der Waals surface area contributed by atoms with Crippen LogP contribution in [0.4, 0.5) is 13.2 Å². The number of alkyl halides is 3. The first kappa shape index (κ1) is 15.3. The number of nitrogens with zero attached hydrogens (tertiary/aromatic N) is 1. The molecule has 0 spiro atoms. The molecule has 2 fully saturated rings. The second kappa shape index (κ2) is 5.57. The van der Waals surface area contributed by atoms with Crippen molar-refractivity contribution < 1.29 is 18.0 Å². The molecule has 1 aromatic rings. The summed E-state index contributed by atoms with van der Waals surface area (Å²) in [7, 11) is 0. The molecule has 1 aliphatic carbocycles. The van der Waals surface area contributed by atoms with Crippen molar-refractivity contribution in [1.29, 1.82) is 0 Å². The summed E-state index contributed by atoms with van der Waals surface area (Å²) in [5, 5.41) is 0. The summed E-state index contributed by atoms with van der Waals surface area (Å²) in [4.78, 5) is 14.2. The lowest BCUT2D eigenvalue weighted by Gasteiger charge is -2.16. The molecule has 3 rings (SSSR count).